The summed E-state index contributed by atoms with van der Waals surface area (Å²) >= 11 is 0. The minimum absolute atomic E-state index is 0.0733. The number of halogens is 3. The molecule has 0 saturated heterocycles. The van der Waals surface area contributed by atoms with Gasteiger partial charge in [-0.2, -0.15) is 18.4 Å². The lowest BCUT2D eigenvalue weighted by molar-refractivity contribution is -0.137. The van der Waals surface area contributed by atoms with Gasteiger partial charge in [0, 0.05) is 6.04 Å². The van der Waals surface area contributed by atoms with Gasteiger partial charge in [-0.1, -0.05) is 19.1 Å². The molecule has 0 radical (unpaired) electrons. The Hall–Kier alpha value is -1.54. The predicted molar refractivity (Wildman–Crippen MR) is 62.7 cm³/mol. The highest BCUT2D eigenvalue weighted by molar-refractivity contribution is 5.30. The summed E-state index contributed by atoms with van der Waals surface area (Å²) < 4.78 is 37.7. The second kappa shape index (κ2) is 5.87. The van der Waals surface area contributed by atoms with E-state index in [1.807, 2.05) is 19.9 Å². The van der Waals surface area contributed by atoms with Crippen LogP contribution in [0.2, 0.25) is 0 Å². The maximum absolute atomic E-state index is 12.6. The number of hydrogen-bond donors (Lipinski definition) is 1. The van der Waals surface area contributed by atoms with E-state index >= 15 is 0 Å². The summed E-state index contributed by atoms with van der Waals surface area (Å²) in [5.41, 5.74) is -0.390. The molecule has 0 fully saturated rings. The van der Waals surface area contributed by atoms with Gasteiger partial charge in [-0.25, -0.2) is 0 Å². The Balaban J connectivity index is 2.98. The molecular formula is C13H15F3N2. The van der Waals surface area contributed by atoms with Crippen molar-refractivity contribution >= 4 is 0 Å². The van der Waals surface area contributed by atoms with Crippen LogP contribution >= 0.6 is 0 Å². The maximum atomic E-state index is 12.6. The molecule has 0 saturated carbocycles. The van der Waals surface area contributed by atoms with Gasteiger partial charge in [0.15, 0.2) is 0 Å². The van der Waals surface area contributed by atoms with Crippen LogP contribution in [0.3, 0.4) is 0 Å². The number of alkyl halides is 3. The van der Waals surface area contributed by atoms with Gasteiger partial charge >= 0.3 is 6.18 Å². The van der Waals surface area contributed by atoms with Crippen molar-refractivity contribution in [2.75, 3.05) is 0 Å². The number of hydrogen-bond acceptors (Lipinski definition) is 2. The van der Waals surface area contributed by atoms with Crippen molar-refractivity contribution in [3.05, 3.63) is 35.4 Å². The highest BCUT2D eigenvalue weighted by Crippen LogP contribution is 2.30. The summed E-state index contributed by atoms with van der Waals surface area (Å²) in [5, 5.41) is 12.0. The van der Waals surface area contributed by atoms with Crippen LogP contribution < -0.4 is 5.32 Å². The molecule has 18 heavy (non-hydrogen) atoms. The average molecular weight is 256 g/mol. The summed E-state index contributed by atoms with van der Waals surface area (Å²) in [4.78, 5) is 0. The van der Waals surface area contributed by atoms with Gasteiger partial charge in [0.05, 0.1) is 11.6 Å². The lowest BCUT2D eigenvalue weighted by Gasteiger charge is -2.18. The Morgan fingerprint density at radius 1 is 1.39 bits per heavy atom. The molecule has 0 spiro atoms. The molecule has 5 heteroatoms. The number of nitrogens with one attached hydrogen (secondary N) is 1. The Morgan fingerprint density at radius 2 is 2.06 bits per heavy atom. The van der Waals surface area contributed by atoms with Gasteiger partial charge < -0.3 is 0 Å². The van der Waals surface area contributed by atoms with Gasteiger partial charge in [-0.05, 0) is 31.0 Å². The summed E-state index contributed by atoms with van der Waals surface area (Å²) in [6.45, 7) is 3.83. The summed E-state index contributed by atoms with van der Waals surface area (Å²) in [6.07, 6.45) is -3.58. The Morgan fingerprint density at radius 3 is 2.56 bits per heavy atom. The second-order valence-corrected chi connectivity index (χ2v) is 4.16. The molecule has 2 nitrogen and oxygen atoms in total. The van der Waals surface area contributed by atoms with Gasteiger partial charge in [-0.15, -0.1) is 0 Å². The zero-order chi connectivity index (χ0) is 13.8. The van der Waals surface area contributed by atoms with Crippen LogP contribution in [0, 0.1) is 11.3 Å². The van der Waals surface area contributed by atoms with E-state index in [2.05, 4.69) is 5.32 Å². The molecule has 0 bridgehead atoms. The van der Waals surface area contributed by atoms with Gasteiger partial charge in [-0.3, -0.25) is 5.32 Å². The monoisotopic (exact) mass is 256 g/mol. The van der Waals surface area contributed by atoms with Gasteiger partial charge in [0.25, 0.3) is 0 Å². The fourth-order valence-electron chi connectivity index (χ4n) is 1.50. The van der Waals surface area contributed by atoms with E-state index in [0.29, 0.717) is 5.56 Å². The molecular weight excluding hydrogens is 241 g/mol. The second-order valence-electron chi connectivity index (χ2n) is 4.16. The quantitative estimate of drug-likeness (QED) is 0.892. The highest BCUT2D eigenvalue weighted by Gasteiger charge is 2.31. The largest absolute Gasteiger partial charge is 0.416 e. The minimum Gasteiger partial charge on any atom is -0.296 e. The van der Waals surface area contributed by atoms with Gasteiger partial charge in [0.1, 0.15) is 6.04 Å². The van der Waals surface area contributed by atoms with Crippen molar-refractivity contribution in [2.45, 2.75) is 38.5 Å². The first-order valence-corrected chi connectivity index (χ1v) is 5.71. The van der Waals surface area contributed by atoms with E-state index in [9.17, 15) is 13.2 Å². The molecule has 0 heterocycles. The Kier molecular flexibility index (Phi) is 4.74. The number of rotatable bonds is 4. The van der Waals surface area contributed by atoms with Crippen LogP contribution in [0.4, 0.5) is 13.2 Å². The lowest BCUT2D eigenvalue weighted by atomic mass is 10.0. The summed E-state index contributed by atoms with van der Waals surface area (Å²) in [7, 11) is 0. The SMILES string of the molecule is CCC(C)NC(C#N)c1cccc(C(F)(F)F)c1. The molecule has 0 aliphatic heterocycles. The first kappa shape index (κ1) is 14.5. The molecule has 1 N–H and O–H groups in total. The number of benzene rings is 1. The van der Waals surface area contributed by atoms with Crippen LogP contribution in [-0.4, -0.2) is 6.04 Å². The van der Waals surface area contributed by atoms with Crippen molar-refractivity contribution in [3.63, 3.8) is 0 Å². The Bertz CT molecular complexity index is 435. The maximum Gasteiger partial charge on any atom is 0.416 e. The molecule has 0 aliphatic carbocycles. The molecule has 0 aliphatic rings. The normalized spacial score (nSPS) is 14.9. The van der Waals surface area contributed by atoms with Gasteiger partial charge in [0.2, 0.25) is 0 Å². The third-order valence-corrected chi connectivity index (χ3v) is 2.74. The molecule has 98 valence electrons. The zero-order valence-corrected chi connectivity index (χ0v) is 10.3. The van der Waals surface area contributed by atoms with Crippen molar-refractivity contribution in [2.24, 2.45) is 0 Å². The molecule has 1 aromatic rings. The molecule has 0 amide bonds. The molecule has 2 unspecified atom stereocenters. The summed E-state index contributed by atoms with van der Waals surface area (Å²) in [5.74, 6) is 0. The van der Waals surface area contributed by atoms with Crippen LogP contribution in [0.1, 0.15) is 37.4 Å². The standard InChI is InChI=1S/C13H15F3N2/c1-3-9(2)18-12(8-17)10-5-4-6-11(7-10)13(14,15)16/h4-7,9,12,18H,3H2,1-2H3. The van der Waals surface area contributed by atoms with Crippen LogP contribution in [-0.2, 0) is 6.18 Å². The molecule has 1 rings (SSSR count). The highest BCUT2D eigenvalue weighted by atomic mass is 19.4. The van der Waals surface area contributed by atoms with Crippen molar-refractivity contribution in [1.29, 1.82) is 5.26 Å². The third-order valence-electron chi connectivity index (χ3n) is 2.74. The van der Waals surface area contributed by atoms with E-state index in [0.717, 1.165) is 18.6 Å². The minimum atomic E-state index is -4.38. The third kappa shape index (κ3) is 3.74. The van der Waals surface area contributed by atoms with Crippen molar-refractivity contribution < 1.29 is 13.2 Å². The van der Waals surface area contributed by atoms with E-state index < -0.39 is 17.8 Å². The van der Waals surface area contributed by atoms with E-state index in [-0.39, 0.29) is 6.04 Å². The zero-order valence-electron chi connectivity index (χ0n) is 10.3. The van der Waals surface area contributed by atoms with Crippen LogP contribution in [0.25, 0.3) is 0 Å². The fraction of sp³-hybridized carbons (Fsp3) is 0.462. The molecule has 1 aromatic carbocycles. The molecule has 2 atom stereocenters. The van der Waals surface area contributed by atoms with Crippen molar-refractivity contribution in [3.8, 4) is 6.07 Å². The lowest BCUT2D eigenvalue weighted by Crippen LogP contribution is -2.29. The van der Waals surface area contributed by atoms with Crippen molar-refractivity contribution in [1.82, 2.24) is 5.32 Å². The topological polar surface area (TPSA) is 35.8 Å². The summed E-state index contributed by atoms with van der Waals surface area (Å²) in [6, 6.07) is 6.20. The van der Waals surface area contributed by atoms with E-state index in [4.69, 9.17) is 5.26 Å². The molecule has 0 aromatic heterocycles. The van der Waals surface area contributed by atoms with Crippen LogP contribution in [0.5, 0.6) is 0 Å². The number of nitrogens with zero attached hydrogens (tertiary/aromatic N) is 1. The van der Waals surface area contributed by atoms with Crippen LogP contribution in [0.15, 0.2) is 24.3 Å². The number of nitriles is 1. The van der Waals surface area contributed by atoms with E-state index in [1.54, 1.807) is 0 Å². The first-order chi connectivity index (χ1) is 8.38. The fourth-order valence-corrected chi connectivity index (χ4v) is 1.50. The predicted octanol–water partition coefficient (Wildman–Crippen LogP) is 3.66. The van der Waals surface area contributed by atoms with E-state index in [1.165, 1.54) is 12.1 Å². The smallest absolute Gasteiger partial charge is 0.296 e. The Labute approximate surface area is 104 Å². The first-order valence-electron chi connectivity index (χ1n) is 5.71. The average Bonchev–Trinajstić information content (AvgIpc) is 2.34.